The van der Waals surface area contributed by atoms with Crippen LogP contribution in [0.15, 0.2) is 259 Å². The van der Waals surface area contributed by atoms with Crippen molar-refractivity contribution in [3.8, 4) is 33.4 Å². The van der Waals surface area contributed by atoms with Crippen LogP contribution in [0.5, 0.6) is 0 Å². The molecule has 5 N–H and O–H groups in total. The maximum absolute atomic E-state index is 12.5. The molecule has 0 radical (unpaired) electrons. The number of ether oxygens (including phenoxy) is 7. The number of methoxy groups -OCH3 is 4. The fourth-order valence-corrected chi connectivity index (χ4v) is 20.3. The molecule has 27 heteroatoms. The number of esters is 4. The highest BCUT2D eigenvalue weighted by Crippen LogP contribution is 2.47. The quantitative estimate of drug-likeness (QED) is 0.0487. The minimum atomic E-state index is -0.939. The number of nitrogen functional groups attached to an aromatic ring is 2. The number of piperidine rings is 3. The Hall–Kier alpha value is -15.0. The SMILES string of the molecule is COC(=O)c1cc(Br)c2c(c1)CC(c1ccc(C)cc1)=N2.COC(=O)c1cc(N)c(N)c(Br)c1.COC(=O)c1cc2c(c(-c3ccc(C4CCN(C(=O)OC(C)(C)C)CC4)cc3)c1)N=C(c1ccc(C)cc1)C2.COC(=O)c1cc2c(c(-c3ccc(C4CCN(C(=O)OC(C)(C)C)CC4)cc3)c1)N=C(c1ccc(C)cc1)C2.Cc1ccc(C2=Nc3c(cc(C(=O)O)cc3-c3ccc(C4CCN(C(=O)OC(C)(C)C)CC4)cc3)C2)cc1. The van der Waals surface area contributed by atoms with Crippen molar-refractivity contribution in [1.82, 2.24) is 14.7 Å². The van der Waals surface area contributed by atoms with E-state index in [1.165, 1.54) is 73.4 Å². The van der Waals surface area contributed by atoms with E-state index in [-0.39, 0.29) is 41.8 Å². The van der Waals surface area contributed by atoms with Crippen LogP contribution in [0, 0.1) is 27.7 Å². The number of halogens is 2. The van der Waals surface area contributed by atoms with E-state index in [1.54, 1.807) is 39.0 Å². The number of aromatic carboxylic acids is 1. The van der Waals surface area contributed by atoms with Gasteiger partial charge >= 0.3 is 48.1 Å². The summed E-state index contributed by atoms with van der Waals surface area (Å²) < 4.78 is 37.4. The smallest absolute Gasteiger partial charge is 0.410 e. The lowest BCUT2D eigenvalue weighted by atomic mass is 9.88. The molecule has 0 atom stereocenters. The number of nitrogens with zero attached hydrogens (tertiary/aromatic N) is 7. The Labute approximate surface area is 894 Å². The summed E-state index contributed by atoms with van der Waals surface area (Å²) in [5.41, 5.74) is 42.9. The summed E-state index contributed by atoms with van der Waals surface area (Å²) in [6.07, 6.45) is 7.32. The molecule has 7 aliphatic rings. The predicted octanol–water partition coefficient (Wildman–Crippen LogP) is 27.3. The van der Waals surface area contributed by atoms with Crippen LogP contribution in [-0.4, -0.2) is 175 Å². The monoisotopic (exact) mass is 2150 g/mol. The number of aryl methyl sites for hydroxylation is 4. The molecule has 0 saturated carbocycles. The maximum atomic E-state index is 12.5. The van der Waals surface area contributed by atoms with Crippen LogP contribution in [0.25, 0.3) is 33.4 Å². The second kappa shape index (κ2) is 47.3. The summed E-state index contributed by atoms with van der Waals surface area (Å²) in [6, 6.07) is 76.6. The number of likely N-dealkylation sites (tertiary alicyclic amines) is 3. The Morgan fingerprint density at radius 2 is 0.533 bits per heavy atom. The van der Waals surface area contributed by atoms with Crippen molar-refractivity contribution in [3.05, 3.63) is 351 Å². The molecule has 0 spiro atoms. The van der Waals surface area contributed by atoms with Crippen LogP contribution in [-0.2, 0) is 58.8 Å². The molecule has 19 rings (SSSR count). The van der Waals surface area contributed by atoms with Crippen molar-refractivity contribution in [3.63, 3.8) is 0 Å². The number of anilines is 2. The Balaban J connectivity index is 0.000000146. The zero-order chi connectivity index (χ0) is 107. The second-order valence-corrected chi connectivity index (χ2v) is 43.5. The van der Waals surface area contributed by atoms with Gasteiger partial charge in [-0.15, -0.1) is 0 Å². The van der Waals surface area contributed by atoms with E-state index in [4.69, 9.17) is 59.9 Å². The van der Waals surface area contributed by atoms with Gasteiger partial charge in [0.25, 0.3) is 0 Å². The molecule has 0 bridgehead atoms. The van der Waals surface area contributed by atoms with Crippen molar-refractivity contribution < 1.29 is 76.6 Å². The number of rotatable bonds is 15. The number of hydrogen-bond donors (Lipinski definition) is 3. The van der Waals surface area contributed by atoms with Crippen LogP contribution in [0.1, 0.15) is 254 Å². The number of carboxylic acid groups (broad SMARTS) is 1. The molecule has 0 aromatic heterocycles. The van der Waals surface area contributed by atoms with Gasteiger partial charge in [0.2, 0.25) is 0 Å². The largest absolute Gasteiger partial charge is 0.478 e. The number of carbonyl (C=O) groups excluding carboxylic acids is 7. The van der Waals surface area contributed by atoms with Crippen molar-refractivity contribution in [2.24, 2.45) is 20.0 Å². The number of fused-ring (bicyclic) bond motifs is 4. The maximum Gasteiger partial charge on any atom is 0.410 e. The molecule has 7 aliphatic heterocycles. The normalized spacial score (nSPS) is 14.7. The van der Waals surface area contributed by atoms with Crippen molar-refractivity contribution in [2.75, 3.05) is 79.2 Å². The number of amides is 3. The first kappa shape index (κ1) is 109. The van der Waals surface area contributed by atoms with Gasteiger partial charge in [0, 0.05) is 90.6 Å². The lowest BCUT2D eigenvalue weighted by Crippen LogP contribution is -2.41. The van der Waals surface area contributed by atoms with Gasteiger partial charge < -0.3 is 64.4 Å². The molecule has 0 unspecified atom stereocenters. The molecular weight excluding hydrogens is 2020 g/mol. The van der Waals surface area contributed by atoms with E-state index in [2.05, 4.69) is 234 Å². The molecule has 0 aliphatic carbocycles. The van der Waals surface area contributed by atoms with E-state index in [1.807, 2.05) is 92.6 Å². The van der Waals surface area contributed by atoms with Gasteiger partial charge in [-0.2, -0.15) is 0 Å². The zero-order valence-corrected chi connectivity index (χ0v) is 91.3. The highest BCUT2D eigenvalue weighted by atomic mass is 79.9. The first-order valence-electron chi connectivity index (χ1n) is 50.5. The summed E-state index contributed by atoms with van der Waals surface area (Å²) in [5.74, 6) is -1.27. The fourth-order valence-electron chi connectivity index (χ4n) is 19.2. The molecule has 12 aromatic rings. The molecule has 3 fully saturated rings. The second-order valence-electron chi connectivity index (χ2n) is 41.8. The van der Waals surface area contributed by atoms with Crippen molar-refractivity contribution in [2.45, 2.75) is 189 Å². The van der Waals surface area contributed by atoms with Gasteiger partial charge in [0.1, 0.15) is 16.8 Å². The number of carbonyl (C=O) groups is 8. The number of carboxylic acids is 1. The number of aliphatic imine (C=N–C) groups is 4. The molecule has 12 aromatic carbocycles. The van der Waals surface area contributed by atoms with Gasteiger partial charge in [0.05, 0.1) is 113 Å². The molecule has 3 amide bonds. The third kappa shape index (κ3) is 27.2. The Morgan fingerprint density at radius 3 is 0.787 bits per heavy atom. The minimum Gasteiger partial charge on any atom is -0.478 e. The Morgan fingerprint density at radius 1 is 0.307 bits per heavy atom. The van der Waals surface area contributed by atoms with E-state index < -0.39 is 28.7 Å². The van der Waals surface area contributed by atoms with Crippen molar-refractivity contribution >= 4 is 137 Å². The number of benzene rings is 12. The van der Waals surface area contributed by atoms with E-state index in [0.717, 1.165) is 173 Å². The van der Waals surface area contributed by atoms with Gasteiger partial charge in [-0.05, 0) is 317 Å². The first-order valence-corrected chi connectivity index (χ1v) is 52.1. The van der Waals surface area contributed by atoms with Crippen LogP contribution < -0.4 is 11.5 Å². The van der Waals surface area contributed by atoms with Crippen LogP contribution in [0.4, 0.5) is 48.5 Å². The van der Waals surface area contributed by atoms with Gasteiger partial charge in [-0.25, -0.2) is 38.4 Å². The Kier molecular flexibility index (Phi) is 34.4. The average molecular weight is 2150 g/mol. The summed E-state index contributed by atoms with van der Waals surface area (Å²) in [7, 11) is 5.51. The average Bonchev–Trinajstić information content (AvgIpc) is 1.62. The minimum absolute atomic E-state index is 0.235. The lowest BCUT2D eigenvalue weighted by Gasteiger charge is -2.33. The zero-order valence-electron chi connectivity index (χ0n) is 88.1. The molecule has 776 valence electrons. The fraction of sp³-hybridized carbons (Fsp3) is 0.317. The molecule has 150 heavy (non-hydrogen) atoms. The van der Waals surface area contributed by atoms with Gasteiger partial charge in [0.15, 0.2) is 0 Å². The summed E-state index contributed by atoms with van der Waals surface area (Å²) in [6.45, 7) is 29.4. The third-order valence-electron chi connectivity index (χ3n) is 27.3. The number of hydrogen-bond acceptors (Lipinski definition) is 21. The lowest BCUT2D eigenvalue weighted by molar-refractivity contribution is 0.0194. The highest BCUT2D eigenvalue weighted by Gasteiger charge is 2.35. The van der Waals surface area contributed by atoms with Crippen LogP contribution >= 0.6 is 31.9 Å². The van der Waals surface area contributed by atoms with Crippen molar-refractivity contribution in [1.29, 1.82) is 0 Å². The Bertz CT molecular complexity index is 6980. The standard InChI is InChI=1S/2C33H36N2O4.C32H34N2O4.C17H14BrNO2.C8H9BrN2O2/c2*1-21-6-8-25(9-7-21)29-20-26-18-27(31(36)38-5)19-28(30(26)34-29)24-12-10-22(11-13-24)23-14-16-35(17-15-23)32(37)39-33(2,3)4;1-20-5-7-24(8-6-20)28-19-25-17-26(30(35)36)18-27(29(25)33-28)23-11-9-21(10-12-23)22-13-15-34(16-14-22)31(37)38-32(2,3)4;1-10-3-5-11(6-4-10)15-9-12-7-13(17(20)21-2)8-14(18)16(12)19-15;1-13-8(12)4-2-5(9)7(11)6(10)3-4/h2*6-13,18-19,23H,14-17,20H2,1-5H3;5-12,17-18,22H,13-16,19H2,1-4H3,(H,35,36);3-8H,9H2,1-2H3;2-3H,10-11H2,1H3. The predicted molar refractivity (Wildman–Crippen MR) is 599 cm³/mol. The molecule has 25 nitrogen and oxygen atoms in total. The highest BCUT2D eigenvalue weighted by molar-refractivity contribution is 9.11. The van der Waals surface area contributed by atoms with Crippen LogP contribution in [0.3, 0.4) is 0 Å². The van der Waals surface area contributed by atoms with Gasteiger partial charge in [-0.3, -0.25) is 20.0 Å². The molecule has 3 saturated heterocycles. The third-order valence-corrected chi connectivity index (χ3v) is 28.5. The molecule has 7 heterocycles. The number of nitrogens with two attached hydrogens (primary N) is 2. The summed E-state index contributed by atoms with van der Waals surface area (Å²) >= 11 is 6.67. The summed E-state index contributed by atoms with van der Waals surface area (Å²) in [5, 5.41) is 9.76. The topological polar surface area (TPSA) is 333 Å². The van der Waals surface area contributed by atoms with E-state index in [0.29, 0.717) is 114 Å². The summed E-state index contributed by atoms with van der Waals surface area (Å²) in [4.78, 5) is 122. The molecular formula is C123H129Br2N9O16. The van der Waals surface area contributed by atoms with Crippen LogP contribution in [0.2, 0.25) is 0 Å². The van der Waals surface area contributed by atoms with Gasteiger partial charge in [-0.1, -0.05) is 192 Å². The van der Waals surface area contributed by atoms with E-state index >= 15 is 0 Å². The first-order chi connectivity index (χ1) is 71.4. The van der Waals surface area contributed by atoms with E-state index in [9.17, 15) is 43.5 Å².